The molecule has 0 aliphatic rings. The number of nitrogens with one attached hydrogen (secondary N) is 1. The van der Waals surface area contributed by atoms with Crippen molar-refractivity contribution in [2.45, 2.75) is 12.6 Å². The molecule has 0 fully saturated rings. The first kappa shape index (κ1) is 14.5. The van der Waals surface area contributed by atoms with Crippen LogP contribution in [0, 0.1) is 0 Å². The zero-order chi connectivity index (χ0) is 13.1. The molecule has 0 heterocycles. The van der Waals surface area contributed by atoms with Crippen molar-refractivity contribution in [2.24, 2.45) is 0 Å². The molecule has 2 nitrogen and oxygen atoms in total. The van der Waals surface area contributed by atoms with Crippen LogP contribution in [0.4, 0.5) is 18.9 Å². The molecule has 0 radical (unpaired) electrons. The lowest BCUT2D eigenvalue weighted by Gasteiger charge is -2.13. The molecule has 0 aliphatic carbocycles. The van der Waals surface area contributed by atoms with E-state index in [1.54, 1.807) is 0 Å². The lowest BCUT2D eigenvalue weighted by Crippen LogP contribution is -2.16. The van der Waals surface area contributed by atoms with Gasteiger partial charge in [-0.1, -0.05) is 31.9 Å². The number of halogens is 5. The third-order valence-corrected chi connectivity index (χ3v) is 2.77. The van der Waals surface area contributed by atoms with Crippen molar-refractivity contribution in [3.8, 4) is 0 Å². The Labute approximate surface area is 113 Å². The van der Waals surface area contributed by atoms with Crippen molar-refractivity contribution < 1.29 is 18.0 Å². The maximum Gasteiger partial charge on any atom is 0.418 e. The highest BCUT2D eigenvalue weighted by atomic mass is 79.9. The molecule has 0 aliphatic heterocycles. The third kappa shape index (κ3) is 4.31. The molecule has 1 rings (SSSR count). The van der Waals surface area contributed by atoms with E-state index >= 15 is 0 Å². The van der Waals surface area contributed by atoms with Crippen LogP contribution in [0.2, 0.25) is 0 Å². The van der Waals surface area contributed by atoms with Gasteiger partial charge in [0.15, 0.2) is 0 Å². The molecule has 0 saturated carbocycles. The van der Waals surface area contributed by atoms with E-state index in [1.165, 1.54) is 12.1 Å². The number of benzene rings is 1. The minimum Gasteiger partial charge on any atom is -0.325 e. The Morgan fingerprint density at radius 3 is 2.53 bits per heavy atom. The molecule has 0 aromatic heterocycles. The fourth-order valence-electron chi connectivity index (χ4n) is 1.16. The summed E-state index contributed by atoms with van der Waals surface area (Å²) in [5, 5.41) is 2.63. The second-order valence-corrected chi connectivity index (χ2v) is 4.88. The van der Waals surface area contributed by atoms with Gasteiger partial charge in [0, 0.05) is 16.2 Å². The zero-order valence-corrected chi connectivity index (χ0v) is 11.6. The Bertz CT molecular complexity index is 421. The highest BCUT2D eigenvalue weighted by Crippen LogP contribution is 2.36. The van der Waals surface area contributed by atoms with Gasteiger partial charge in [-0.2, -0.15) is 13.2 Å². The number of anilines is 1. The van der Waals surface area contributed by atoms with Gasteiger partial charge in [0.2, 0.25) is 5.91 Å². The molecular formula is C10H8Br2F3NO. The van der Waals surface area contributed by atoms with Crippen molar-refractivity contribution in [2.75, 3.05) is 10.6 Å². The second-order valence-electron chi connectivity index (χ2n) is 3.17. The number of alkyl halides is 4. The summed E-state index contributed by atoms with van der Waals surface area (Å²) in [7, 11) is 0. The Balaban J connectivity index is 3.03. The monoisotopic (exact) mass is 373 g/mol. The number of rotatable bonds is 3. The van der Waals surface area contributed by atoms with Gasteiger partial charge in [0.25, 0.3) is 0 Å². The Hall–Kier alpha value is -0.560. The van der Waals surface area contributed by atoms with E-state index in [2.05, 4.69) is 37.2 Å². The predicted molar refractivity (Wildman–Crippen MR) is 66.2 cm³/mol. The van der Waals surface area contributed by atoms with E-state index in [4.69, 9.17) is 0 Å². The smallest absolute Gasteiger partial charge is 0.325 e. The number of carbonyl (C=O) groups is 1. The molecule has 0 bridgehead atoms. The van der Waals surface area contributed by atoms with Gasteiger partial charge in [0.1, 0.15) is 0 Å². The minimum absolute atomic E-state index is 0.118. The van der Waals surface area contributed by atoms with Gasteiger partial charge >= 0.3 is 6.18 Å². The quantitative estimate of drug-likeness (QED) is 0.789. The van der Waals surface area contributed by atoms with Crippen LogP contribution in [-0.4, -0.2) is 11.2 Å². The lowest BCUT2D eigenvalue weighted by molar-refractivity contribution is -0.137. The lowest BCUT2D eigenvalue weighted by atomic mass is 10.1. The minimum atomic E-state index is -4.50. The third-order valence-electron chi connectivity index (χ3n) is 1.88. The van der Waals surface area contributed by atoms with E-state index in [1.807, 2.05) is 0 Å². The van der Waals surface area contributed by atoms with Crippen LogP contribution in [-0.2, 0) is 11.0 Å². The summed E-state index contributed by atoms with van der Waals surface area (Å²) in [6.07, 6.45) is -4.38. The van der Waals surface area contributed by atoms with E-state index < -0.39 is 17.6 Å². The maximum atomic E-state index is 12.7. The first-order valence-electron chi connectivity index (χ1n) is 4.57. The molecule has 0 atom stereocenters. The normalized spacial score (nSPS) is 11.4. The van der Waals surface area contributed by atoms with Crippen molar-refractivity contribution in [3.05, 3.63) is 28.2 Å². The van der Waals surface area contributed by atoms with Crippen LogP contribution < -0.4 is 5.32 Å². The van der Waals surface area contributed by atoms with E-state index in [0.717, 1.165) is 6.07 Å². The van der Waals surface area contributed by atoms with Crippen LogP contribution in [0.3, 0.4) is 0 Å². The molecule has 1 amide bonds. The van der Waals surface area contributed by atoms with Crippen molar-refractivity contribution >= 4 is 43.5 Å². The number of carbonyl (C=O) groups excluding carboxylic acids is 1. The van der Waals surface area contributed by atoms with Crippen LogP contribution in [0.1, 0.15) is 12.0 Å². The van der Waals surface area contributed by atoms with Gasteiger partial charge in [-0.05, 0) is 18.2 Å². The summed E-state index contributed by atoms with van der Waals surface area (Å²) in [6, 6.07) is 3.60. The zero-order valence-electron chi connectivity index (χ0n) is 8.44. The molecule has 0 spiro atoms. The molecule has 1 aromatic rings. The number of amides is 1. The summed E-state index contributed by atoms with van der Waals surface area (Å²) in [6.45, 7) is 0. The van der Waals surface area contributed by atoms with E-state index in [0.29, 0.717) is 9.80 Å². The largest absolute Gasteiger partial charge is 0.418 e. The first-order chi connectivity index (χ1) is 7.84. The highest BCUT2D eigenvalue weighted by molar-refractivity contribution is 9.10. The average molecular weight is 375 g/mol. The molecule has 1 aromatic carbocycles. The molecule has 94 valence electrons. The summed E-state index contributed by atoms with van der Waals surface area (Å²) in [5.41, 5.74) is -1.10. The molecule has 0 saturated heterocycles. The highest BCUT2D eigenvalue weighted by Gasteiger charge is 2.34. The summed E-state index contributed by atoms with van der Waals surface area (Å²) < 4.78 is 38.4. The summed E-state index contributed by atoms with van der Waals surface area (Å²) in [4.78, 5) is 11.3. The van der Waals surface area contributed by atoms with Crippen molar-refractivity contribution in [1.82, 2.24) is 0 Å². The average Bonchev–Trinajstić information content (AvgIpc) is 2.19. The van der Waals surface area contributed by atoms with E-state index in [9.17, 15) is 18.0 Å². The first-order valence-corrected chi connectivity index (χ1v) is 6.48. The van der Waals surface area contributed by atoms with Crippen LogP contribution in [0.25, 0.3) is 0 Å². The Morgan fingerprint density at radius 2 is 2.00 bits per heavy atom. The van der Waals surface area contributed by atoms with Crippen LogP contribution in [0.5, 0.6) is 0 Å². The van der Waals surface area contributed by atoms with Gasteiger partial charge < -0.3 is 5.32 Å². The van der Waals surface area contributed by atoms with Crippen LogP contribution in [0.15, 0.2) is 22.7 Å². The second kappa shape index (κ2) is 5.86. The molecule has 17 heavy (non-hydrogen) atoms. The number of hydrogen-bond donors (Lipinski definition) is 1. The Morgan fingerprint density at radius 1 is 1.35 bits per heavy atom. The van der Waals surface area contributed by atoms with Crippen LogP contribution >= 0.6 is 31.9 Å². The SMILES string of the molecule is O=C(CCBr)Nc1ccc(Br)cc1C(F)(F)F. The predicted octanol–water partition coefficient (Wildman–Crippen LogP) is 4.19. The molecule has 7 heteroatoms. The maximum absolute atomic E-state index is 12.7. The standard InChI is InChI=1S/C10H8Br2F3NO/c11-4-3-9(17)16-8-2-1-6(12)5-7(8)10(13,14)15/h1-2,5H,3-4H2,(H,16,17). The molecular weight excluding hydrogens is 367 g/mol. The van der Waals surface area contributed by atoms with Gasteiger partial charge in [-0.25, -0.2) is 0 Å². The summed E-state index contributed by atoms with van der Waals surface area (Å²) in [5.74, 6) is -0.463. The van der Waals surface area contributed by atoms with E-state index in [-0.39, 0.29) is 12.1 Å². The van der Waals surface area contributed by atoms with Crippen molar-refractivity contribution in [3.63, 3.8) is 0 Å². The fraction of sp³-hybridized carbons (Fsp3) is 0.300. The summed E-state index contributed by atoms with van der Waals surface area (Å²) >= 11 is 6.01. The van der Waals surface area contributed by atoms with Crippen molar-refractivity contribution in [1.29, 1.82) is 0 Å². The van der Waals surface area contributed by atoms with Gasteiger partial charge in [-0.15, -0.1) is 0 Å². The molecule has 1 N–H and O–H groups in total. The number of hydrogen-bond acceptors (Lipinski definition) is 1. The topological polar surface area (TPSA) is 29.1 Å². The Kier molecular flexibility index (Phi) is 5.00. The van der Waals surface area contributed by atoms with Gasteiger partial charge in [0.05, 0.1) is 11.3 Å². The molecule has 0 unspecified atom stereocenters. The fourth-order valence-corrected chi connectivity index (χ4v) is 1.88. The van der Waals surface area contributed by atoms with Gasteiger partial charge in [-0.3, -0.25) is 4.79 Å².